The maximum atomic E-state index is 8.81. The first-order valence-corrected chi connectivity index (χ1v) is 8.33. The quantitative estimate of drug-likeness (QED) is 0.601. The van der Waals surface area contributed by atoms with Crippen LogP contribution in [0.25, 0.3) is 28.0 Å². The fourth-order valence-electron chi connectivity index (χ4n) is 3.22. The Morgan fingerprint density at radius 3 is 2.50 bits per heavy atom. The Bertz CT molecular complexity index is 1180. The molecule has 2 heterocycles. The van der Waals surface area contributed by atoms with Crippen LogP contribution in [-0.4, -0.2) is 16.3 Å². The number of fused-ring (bicyclic) bond motifs is 2. The van der Waals surface area contributed by atoms with Crippen LogP contribution < -0.4 is 15.0 Å². The molecule has 26 heavy (non-hydrogen) atoms. The van der Waals surface area contributed by atoms with Gasteiger partial charge in [0.05, 0.1) is 11.2 Å². The number of para-hydroxylation sites is 1. The van der Waals surface area contributed by atoms with Gasteiger partial charge in [0, 0.05) is 17.0 Å². The summed E-state index contributed by atoms with van der Waals surface area (Å²) in [6.45, 7) is 0.221. The van der Waals surface area contributed by atoms with Crippen LogP contribution in [0.2, 0.25) is 0 Å². The summed E-state index contributed by atoms with van der Waals surface area (Å²) < 4.78 is 12.8. The Morgan fingerprint density at radius 2 is 1.62 bits per heavy atom. The molecule has 0 bridgehead atoms. The van der Waals surface area contributed by atoms with E-state index in [0.717, 1.165) is 27.9 Å². The molecule has 4 aromatic rings. The summed E-state index contributed by atoms with van der Waals surface area (Å²) >= 11 is 0. The maximum absolute atomic E-state index is 8.81. The van der Waals surface area contributed by atoms with Crippen molar-refractivity contribution in [2.45, 2.75) is 0 Å². The summed E-state index contributed by atoms with van der Waals surface area (Å²) in [4.78, 5) is 4.85. The van der Waals surface area contributed by atoms with Crippen molar-refractivity contribution >= 4 is 10.9 Å². The van der Waals surface area contributed by atoms with Crippen molar-refractivity contribution in [1.82, 2.24) is 9.55 Å². The van der Waals surface area contributed by atoms with E-state index >= 15 is 0 Å². The largest absolute Gasteiger partial charge is 0.454 e. The van der Waals surface area contributed by atoms with Gasteiger partial charge in [-0.3, -0.25) is 9.98 Å². The van der Waals surface area contributed by atoms with Crippen molar-refractivity contribution < 1.29 is 9.47 Å². The van der Waals surface area contributed by atoms with Crippen LogP contribution in [0.4, 0.5) is 0 Å². The summed E-state index contributed by atoms with van der Waals surface area (Å²) in [5, 5.41) is 9.61. The van der Waals surface area contributed by atoms with E-state index in [1.54, 1.807) is 0 Å². The minimum Gasteiger partial charge on any atom is -0.454 e. The third kappa shape index (κ3) is 2.25. The second-order valence-electron chi connectivity index (χ2n) is 6.04. The highest BCUT2D eigenvalue weighted by Gasteiger charge is 2.17. The molecular weight excluding hydrogens is 326 g/mol. The van der Waals surface area contributed by atoms with E-state index in [-0.39, 0.29) is 6.79 Å². The minimum absolute atomic E-state index is 0.221. The van der Waals surface area contributed by atoms with Gasteiger partial charge in [0.2, 0.25) is 6.79 Å². The lowest BCUT2D eigenvalue weighted by molar-refractivity contribution is 0.174. The van der Waals surface area contributed by atoms with Gasteiger partial charge < -0.3 is 9.47 Å². The molecule has 5 heteroatoms. The molecule has 0 amide bonds. The summed E-state index contributed by atoms with van der Waals surface area (Å²) in [5.74, 6) is 2.12. The van der Waals surface area contributed by atoms with Crippen molar-refractivity contribution in [2.24, 2.45) is 0 Å². The molecule has 0 unspecified atom stereocenters. The molecule has 0 saturated carbocycles. The Hall–Kier alpha value is -3.60. The average Bonchev–Trinajstić information content (AvgIpc) is 3.16. The number of nitrogens with zero attached hydrogens (tertiary/aromatic N) is 2. The van der Waals surface area contributed by atoms with Crippen LogP contribution in [0.15, 0.2) is 72.8 Å². The molecule has 1 aliphatic heterocycles. The van der Waals surface area contributed by atoms with Crippen molar-refractivity contribution in [2.75, 3.05) is 6.79 Å². The number of hydrogen-bond donors (Lipinski definition) is 1. The Balaban J connectivity index is 1.85. The lowest BCUT2D eigenvalue weighted by atomic mass is 10.1. The average molecular weight is 341 g/mol. The zero-order valence-electron chi connectivity index (χ0n) is 13.8. The molecule has 1 N–H and O–H groups in total. The highest BCUT2D eigenvalue weighted by atomic mass is 16.7. The maximum Gasteiger partial charge on any atom is 0.231 e. The molecule has 0 saturated heterocycles. The molecule has 5 nitrogen and oxygen atoms in total. The summed E-state index contributed by atoms with van der Waals surface area (Å²) in [7, 11) is 0. The standard InChI is InChI=1S/C21H15N3O2/c22-20-16-8-4-5-9-17(16)23-21(14-6-2-1-3-7-14)24(20)15-10-11-18-19(12-15)26-13-25-18/h1-12,22H,13H2. The van der Waals surface area contributed by atoms with Gasteiger partial charge in [0.25, 0.3) is 0 Å². The van der Waals surface area contributed by atoms with E-state index in [2.05, 4.69) is 0 Å². The van der Waals surface area contributed by atoms with E-state index in [4.69, 9.17) is 19.9 Å². The zero-order valence-corrected chi connectivity index (χ0v) is 13.8. The number of ether oxygens (including phenoxy) is 2. The molecule has 0 aliphatic carbocycles. The second-order valence-corrected chi connectivity index (χ2v) is 6.04. The molecule has 5 rings (SSSR count). The van der Waals surface area contributed by atoms with Crippen molar-refractivity contribution in [3.05, 3.63) is 78.3 Å². The molecule has 126 valence electrons. The van der Waals surface area contributed by atoms with Gasteiger partial charge in [-0.2, -0.15) is 0 Å². The first kappa shape index (κ1) is 14.7. The van der Waals surface area contributed by atoms with Crippen molar-refractivity contribution in [3.8, 4) is 28.6 Å². The van der Waals surface area contributed by atoms with Gasteiger partial charge in [-0.1, -0.05) is 42.5 Å². The van der Waals surface area contributed by atoms with Gasteiger partial charge in [-0.05, 0) is 24.3 Å². The SMILES string of the molecule is N=c1c2ccccc2nc(-c2ccccc2)n1-c1ccc2c(c1)OCO2. The summed E-state index contributed by atoms with van der Waals surface area (Å²) in [6.07, 6.45) is 0. The Morgan fingerprint density at radius 1 is 0.846 bits per heavy atom. The fourth-order valence-corrected chi connectivity index (χ4v) is 3.22. The molecule has 0 radical (unpaired) electrons. The zero-order chi connectivity index (χ0) is 17.5. The monoisotopic (exact) mass is 341 g/mol. The van der Waals surface area contributed by atoms with Crippen molar-refractivity contribution in [3.63, 3.8) is 0 Å². The second kappa shape index (κ2) is 5.74. The molecular formula is C21H15N3O2. The molecule has 0 fully saturated rings. The van der Waals surface area contributed by atoms with E-state index in [1.165, 1.54) is 0 Å². The molecule has 0 atom stereocenters. The lowest BCUT2D eigenvalue weighted by Gasteiger charge is -2.15. The smallest absolute Gasteiger partial charge is 0.231 e. The predicted molar refractivity (Wildman–Crippen MR) is 98.5 cm³/mol. The van der Waals surface area contributed by atoms with Crippen LogP contribution in [0.1, 0.15) is 0 Å². The number of aromatic nitrogens is 2. The van der Waals surface area contributed by atoms with Crippen molar-refractivity contribution in [1.29, 1.82) is 5.41 Å². The van der Waals surface area contributed by atoms with E-state index in [9.17, 15) is 0 Å². The van der Waals surface area contributed by atoms with Gasteiger partial charge >= 0.3 is 0 Å². The summed E-state index contributed by atoms with van der Waals surface area (Å²) in [5.41, 5.74) is 2.95. The number of benzene rings is 3. The Kier molecular flexibility index (Phi) is 3.25. The number of rotatable bonds is 2. The van der Waals surface area contributed by atoms with Crippen LogP contribution in [-0.2, 0) is 0 Å². The minimum atomic E-state index is 0.221. The van der Waals surface area contributed by atoms with Gasteiger partial charge in [0.1, 0.15) is 11.3 Å². The van der Waals surface area contributed by atoms with Crippen LogP contribution in [0.5, 0.6) is 11.5 Å². The van der Waals surface area contributed by atoms with Crippen LogP contribution in [0, 0.1) is 5.41 Å². The Labute approximate surface area is 149 Å². The highest BCUT2D eigenvalue weighted by molar-refractivity contribution is 5.80. The summed E-state index contributed by atoms with van der Waals surface area (Å²) in [6, 6.07) is 23.3. The fraction of sp³-hybridized carbons (Fsp3) is 0.0476. The van der Waals surface area contributed by atoms with Gasteiger partial charge in [-0.25, -0.2) is 4.98 Å². The van der Waals surface area contributed by atoms with Crippen LogP contribution >= 0.6 is 0 Å². The van der Waals surface area contributed by atoms with E-state index in [1.807, 2.05) is 77.4 Å². The molecule has 0 spiro atoms. The molecule has 3 aromatic carbocycles. The molecule has 1 aromatic heterocycles. The predicted octanol–water partition coefficient (Wildman–Crippen LogP) is 3.90. The number of nitrogens with one attached hydrogen (secondary N) is 1. The third-order valence-corrected chi connectivity index (χ3v) is 4.47. The van der Waals surface area contributed by atoms with Gasteiger partial charge in [-0.15, -0.1) is 0 Å². The highest BCUT2D eigenvalue weighted by Crippen LogP contribution is 2.34. The van der Waals surface area contributed by atoms with Gasteiger partial charge in [0.15, 0.2) is 11.5 Å². The van der Waals surface area contributed by atoms with E-state index in [0.29, 0.717) is 17.1 Å². The molecule has 1 aliphatic rings. The third-order valence-electron chi connectivity index (χ3n) is 4.47. The topological polar surface area (TPSA) is 60.1 Å². The van der Waals surface area contributed by atoms with E-state index < -0.39 is 0 Å². The normalized spacial score (nSPS) is 12.5. The van der Waals surface area contributed by atoms with Crippen LogP contribution in [0.3, 0.4) is 0 Å². The first-order valence-electron chi connectivity index (χ1n) is 8.33. The first-order chi connectivity index (χ1) is 12.8. The lowest BCUT2D eigenvalue weighted by Crippen LogP contribution is -2.22. The number of hydrogen-bond acceptors (Lipinski definition) is 4.